The number of nitrogens with one attached hydrogen (secondary N) is 1. The zero-order valence-corrected chi connectivity index (χ0v) is 33.0. The average molecular weight is 777 g/mol. The number of aromatic nitrogens is 3. The second-order valence-electron chi connectivity index (χ2n) is 13.9. The molecule has 284 valence electrons. The van der Waals surface area contributed by atoms with Crippen LogP contribution in [0, 0.1) is 6.92 Å². The lowest BCUT2D eigenvalue weighted by Gasteiger charge is -2.25. The maximum absolute atomic E-state index is 14.3. The van der Waals surface area contributed by atoms with Gasteiger partial charge in [-0.1, -0.05) is 91.9 Å². The predicted molar refractivity (Wildman–Crippen MR) is 215 cm³/mol. The Labute approximate surface area is 325 Å². The number of hydrogen-bond donors (Lipinski definition) is 1. The van der Waals surface area contributed by atoms with Crippen LogP contribution in [0.3, 0.4) is 0 Å². The molecule has 11 nitrogen and oxygen atoms in total. The molecule has 3 aromatic heterocycles. The molecule has 6 aromatic rings. The molecule has 3 aromatic carbocycles. The second-order valence-corrected chi connectivity index (χ2v) is 16.9. The van der Waals surface area contributed by atoms with E-state index in [0.29, 0.717) is 66.3 Å². The lowest BCUT2D eigenvalue weighted by molar-refractivity contribution is -0.119. The largest absolute Gasteiger partial charge is 0.379 e. The number of nitrogens with zero attached hydrogens (tertiary/aromatic N) is 5. The number of imidazole rings is 1. The van der Waals surface area contributed by atoms with Crippen LogP contribution in [0.1, 0.15) is 56.3 Å². The minimum atomic E-state index is -4.30. The highest BCUT2D eigenvalue weighted by molar-refractivity contribution is 7.92. The van der Waals surface area contributed by atoms with Gasteiger partial charge in [-0.25, -0.2) is 23.1 Å². The summed E-state index contributed by atoms with van der Waals surface area (Å²) >= 11 is 1.18. The van der Waals surface area contributed by atoms with E-state index in [1.807, 2.05) is 109 Å². The number of morpholine rings is 1. The van der Waals surface area contributed by atoms with Gasteiger partial charge in [0.1, 0.15) is 21.2 Å². The van der Waals surface area contributed by atoms with Crippen LogP contribution in [0.4, 0.5) is 0 Å². The number of sulfonamides is 1. The molecule has 0 bridgehead atoms. The molecule has 2 amide bonds. The maximum atomic E-state index is 14.3. The number of benzene rings is 3. The Morgan fingerprint density at radius 3 is 2.13 bits per heavy atom. The molecule has 4 heterocycles. The number of ether oxygens (including phenoxy) is 1. The molecule has 0 unspecified atom stereocenters. The van der Waals surface area contributed by atoms with Crippen LogP contribution in [0.5, 0.6) is 0 Å². The topological polar surface area (TPSA) is 127 Å². The molecular formula is C42H44N6O5S2. The van der Waals surface area contributed by atoms with Crippen molar-refractivity contribution in [3.8, 4) is 11.1 Å². The van der Waals surface area contributed by atoms with E-state index < -0.39 is 21.8 Å². The molecule has 1 saturated heterocycles. The van der Waals surface area contributed by atoms with Crippen LogP contribution >= 0.6 is 11.3 Å². The predicted octanol–water partition coefficient (Wildman–Crippen LogP) is 6.25. The van der Waals surface area contributed by atoms with E-state index in [1.54, 1.807) is 20.2 Å². The molecule has 7 rings (SSSR count). The molecule has 13 heteroatoms. The van der Waals surface area contributed by atoms with Crippen molar-refractivity contribution in [1.29, 1.82) is 0 Å². The number of pyridine rings is 1. The Hall–Kier alpha value is -5.21. The first-order valence-electron chi connectivity index (χ1n) is 18.3. The smallest absolute Gasteiger partial charge is 0.274 e. The third kappa shape index (κ3) is 8.25. The van der Waals surface area contributed by atoms with E-state index in [-0.39, 0.29) is 10.1 Å². The van der Waals surface area contributed by atoms with Crippen LogP contribution in [-0.2, 0) is 39.1 Å². The Kier molecular flexibility index (Phi) is 11.3. The Morgan fingerprint density at radius 1 is 0.891 bits per heavy atom. The first-order chi connectivity index (χ1) is 26.5. The van der Waals surface area contributed by atoms with Gasteiger partial charge >= 0.3 is 0 Å². The first kappa shape index (κ1) is 38.1. The third-order valence-corrected chi connectivity index (χ3v) is 12.8. The van der Waals surface area contributed by atoms with Gasteiger partial charge in [0.15, 0.2) is 5.65 Å². The molecule has 0 radical (unpaired) electrons. The molecule has 1 N–H and O–H groups in total. The minimum absolute atomic E-state index is 0.0865. The van der Waals surface area contributed by atoms with Crippen LogP contribution in [0.25, 0.3) is 22.3 Å². The lowest BCUT2D eigenvalue weighted by atomic mass is 9.91. The van der Waals surface area contributed by atoms with Gasteiger partial charge < -0.3 is 14.2 Å². The normalized spacial score (nSPS) is 13.7. The van der Waals surface area contributed by atoms with Crippen molar-refractivity contribution in [1.82, 2.24) is 29.1 Å². The van der Waals surface area contributed by atoms with Crippen LogP contribution in [-0.4, -0.2) is 85.0 Å². The van der Waals surface area contributed by atoms with E-state index in [2.05, 4.69) is 9.62 Å². The summed E-state index contributed by atoms with van der Waals surface area (Å²) < 4.78 is 38.8. The van der Waals surface area contributed by atoms with Gasteiger partial charge in [0, 0.05) is 50.6 Å². The molecule has 0 saturated carbocycles. The summed E-state index contributed by atoms with van der Waals surface area (Å²) in [6.07, 6.45) is 0.675. The van der Waals surface area contributed by atoms with E-state index in [1.165, 1.54) is 16.2 Å². The summed E-state index contributed by atoms with van der Waals surface area (Å²) in [7, 11) is -0.893. The van der Waals surface area contributed by atoms with Crippen molar-refractivity contribution in [2.75, 3.05) is 40.4 Å². The van der Waals surface area contributed by atoms with Crippen molar-refractivity contribution in [2.45, 2.75) is 43.5 Å². The fraction of sp³-hybridized carbons (Fsp3) is 0.286. The van der Waals surface area contributed by atoms with E-state index >= 15 is 0 Å². The molecular weight excluding hydrogens is 733 g/mol. The number of carbonyl (C=O) groups is 2. The number of aryl methyl sites for hydroxylation is 2. The SMILES string of the molecule is CCc1nc2c(C)cc(C(=O)N(C)C)nc2n1Cc1ccc(-c2cc(CN3CCOCC3)sc2S(=O)(=O)NC(=O)C(c2ccccc2)c2ccccc2)cc1. The maximum Gasteiger partial charge on any atom is 0.274 e. The Balaban J connectivity index is 1.22. The van der Waals surface area contributed by atoms with Crippen molar-refractivity contribution in [3.63, 3.8) is 0 Å². The van der Waals surface area contributed by atoms with Gasteiger partial charge in [0.05, 0.1) is 25.7 Å². The number of carbonyl (C=O) groups excluding carboxylic acids is 2. The van der Waals surface area contributed by atoms with E-state index in [9.17, 15) is 18.0 Å². The molecule has 1 aliphatic rings. The summed E-state index contributed by atoms with van der Waals surface area (Å²) in [6, 6.07) is 29.9. The number of thiophene rings is 1. The molecule has 0 spiro atoms. The standard InChI is InChI=1S/C42H44N6O5S2/c1-5-36-44-38-28(2)24-35(41(50)46(3)4)43-39(38)48(36)26-29-16-18-30(19-17-29)34-25-33(27-47-20-22-53-23-21-47)54-42(34)55(51,52)45-40(49)37(31-12-8-6-9-13-31)32-14-10-7-11-15-32/h6-19,24-25,37H,5,20-23,26-27H2,1-4H3,(H,45,49). The van der Waals surface area contributed by atoms with Gasteiger partial charge in [0.2, 0.25) is 5.91 Å². The van der Waals surface area contributed by atoms with Gasteiger partial charge in [-0.15, -0.1) is 11.3 Å². The fourth-order valence-corrected chi connectivity index (χ4v) is 9.72. The third-order valence-electron chi connectivity index (χ3n) is 9.76. The van der Waals surface area contributed by atoms with Crippen molar-refractivity contribution >= 4 is 44.3 Å². The monoisotopic (exact) mass is 776 g/mol. The highest BCUT2D eigenvalue weighted by atomic mass is 32.2. The molecule has 1 fully saturated rings. The van der Waals surface area contributed by atoms with Gasteiger partial charge in [-0.2, -0.15) is 0 Å². The minimum Gasteiger partial charge on any atom is -0.379 e. The lowest BCUT2D eigenvalue weighted by Crippen LogP contribution is -2.35. The summed E-state index contributed by atoms with van der Waals surface area (Å²) in [4.78, 5) is 41.1. The number of hydrogen-bond acceptors (Lipinski definition) is 9. The zero-order chi connectivity index (χ0) is 38.7. The quantitative estimate of drug-likeness (QED) is 0.155. The summed E-state index contributed by atoms with van der Waals surface area (Å²) in [6.45, 7) is 7.74. The molecule has 1 aliphatic heterocycles. The highest BCUT2D eigenvalue weighted by Crippen LogP contribution is 2.37. The summed E-state index contributed by atoms with van der Waals surface area (Å²) in [5.74, 6) is -0.777. The fourth-order valence-electron chi connectivity index (χ4n) is 6.94. The Morgan fingerprint density at radius 2 is 1.53 bits per heavy atom. The summed E-state index contributed by atoms with van der Waals surface area (Å²) in [5.41, 5.74) is 6.22. The number of rotatable bonds is 12. The van der Waals surface area contributed by atoms with E-state index in [0.717, 1.165) is 40.4 Å². The number of fused-ring (bicyclic) bond motifs is 1. The molecule has 0 aliphatic carbocycles. The van der Waals surface area contributed by atoms with Crippen LogP contribution in [0.15, 0.2) is 101 Å². The average Bonchev–Trinajstić information content (AvgIpc) is 3.78. The molecule has 55 heavy (non-hydrogen) atoms. The van der Waals surface area contributed by atoms with Gasteiger partial charge in [0.25, 0.3) is 15.9 Å². The van der Waals surface area contributed by atoms with Crippen molar-refractivity contribution < 1.29 is 22.7 Å². The van der Waals surface area contributed by atoms with E-state index in [4.69, 9.17) is 14.7 Å². The van der Waals surface area contributed by atoms with Crippen molar-refractivity contribution in [2.24, 2.45) is 0 Å². The van der Waals surface area contributed by atoms with Crippen molar-refractivity contribution in [3.05, 3.63) is 136 Å². The second kappa shape index (κ2) is 16.3. The molecule has 0 atom stereocenters. The van der Waals surface area contributed by atoms with Crippen LogP contribution < -0.4 is 4.72 Å². The van der Waals surface area contributed by atoms with Crippen LogP contribution in [0.2, 0.25) is 0 Å². The highest BCUT2D eigenvalue weighted by Gasteiger charge is 2.31. The van der Waals surface area contributed by atoms with Gasteiger partial charge in [-0.05, 0) is 46.9 Å². The summed E-state index contributed by atoms with van der Waals surface area (Å²) in [5, 5.41) is 0. The van der Waals surface area contributed by atoms with Gasteiger partial charge in [-0.3, -0.25) is 14.5 Å². The first-order valence-corrected chi connectivity index (χ1v) is 20.6. The number of amides is 2. The Bertz CT molecular complexity index is 2380. The zero-order valence-electron chi connectivity index (χ0n) is 31.4.